The van der Waals surface area contributed by atoms with Crippen molar-refractivity contribution < 1.29 is 9.18 Å². The zero-order valence-corrected chi connectivity index (χ0v) is 9.85. The van der Waals surface area contributed by atoms with Crippen molar-refractivity contribution in [2.24, 2.45) is 0 Å². The molecule has 0 saturated heterocycles. The van der Waals surface area contributed by atoms with Crippen LogP contribution >= 0.6 is 0 Å². The molecule has 2 aromatic heterocycles. The van der Waals surface area contributed by atoms with Gasteiger partial charge in [0.15, 0.2) is 6.29 Å². The Labute approximate surface area is 108 Å². The van der Waals surface area contributed by atoms with E-state index in [9.17, 15) is 9.18 Å². The van der Waals surface area contributed by atoms with E-state index in [0.29, 0.717) is 34.3 Å². The molecule has 0 saturated carbocycles. The molecule has 3 aromatic rings. The summed E-state index contributed by atoms with van der Waals surface area (Å²) in [6.45, 7) is 0. The molecule has 0 fully saturated rings. The topological polar surface area (TPSA) is 71.8 Å². The van der Waals surface area contributed by atoms with E-state index in [1.165, 1.54) is 18.2 Å². The Morgan fingerprint density at radius 1 is 1.32 bits per heavy atom. The third-order valence-corrected chi connectivity index (χ3v) is 2.99. The maximum atomic E-state index is 13.9. The van der Waals surface area contributed by atoms with Crippen LogP contribution < -0.4 is 5.73 Å². The molecule has 0 unspecified atom stereocenters. The Hall–Kier alpha value is -2.69. The molecule has 0 spiro atoms. The number of nitrogens with two attached hydrogens (primary N) is 1. The number of anilines is 1. The Balaban J connectivity index is 2.36. The normalized spacial score (nSPS) is 10.8. The summed E-state index contributed by atoms with van der Waals surface area (Å²) in [6.07, 6.45) is 2.30. The van der Waals surface area contributed by atoms with Gasteiger partial charge in [0.25, 0.3) is 0 Å². The fraction of sp³-hybridized carbons (Fsp3) is 0. The second-order valence-electron chi connectivity index (χ2n) is 4.17. The summed E-state index contributed by atoms with van der Waals surface area (Å²) in [6, 6.07) is 7.73. The van der Waals surface area contributed by atoms with E-state index >= 15 is 0 Å². The molecule has 1 aromatic carbocycles. The summed E-state index contributed by atoms with van der Waals surface area (Å²) in [5.74, 6) is -0.441. The predicted molar refractivity (Wildman–Crippen MR) is 71.3 cm³/mol. The fourth-order valence-corrected chi connectivity index (χ4v) is 2.11. The van der Waals surface area contributed by atoms with Gasteiger partial charge in [-0.3, -0.25) is 4.79 Å². The van der Waals surface area contributed by atoms with Crippen molar-refractivity contribution >= 4 is 23.0 Å². The Morgan fingerprint density at radius 3 is 2.95 bits per heavy atom. The molecule has 2 heterocycles. The molecule has 94 valence electrons. The minimum Gasteiger partial charge on any atom is -0.399 e. The van der Waals surface area contributed by atoms with Gasteiger partial charge in [-0.2, -0.15) is 0 Å². The second kappa shape index (κ2) is 4.20. The van der Waals surface area contributed by atoms with Crippen molar-refractivity contribution in [3.63, 3.8) is 0 Å². The summed E-state index contributed by atoms with van der Waals surface area (Å²) >= 11 is 0. The summed E-state index contributed by atoms with van der Waals surface area (Å²) in [5.41, 5.74) is 7.68. The number of aldehydes is 1. The molecule has 0 atom stereocenters. The first-order valence-corrected chi connectivity index (χ1v) is 5.68. The minimum absolute atomic E-state index is 0.264. The van der Waals surface area contributed by atoms with Crippen LogP contribution in [-0.4, -0.2) is 16.3 Å². The summed E-state index contributed by atoms with van der Waals surface area (Å²) in [5, 5.41) is 0.661. The van der Waals surface area contributed by atoms with E-state index < -0.39 is 5.82 Å². The number of benzene rings is 1. The van der Waals surface area contributed by atoms with Gasteiger partial charge in [-0.05, 0) is 30.3 Å². The first kappa shape index (κ1) is 11.4. The highest BCUT2D eigenvalue weighted by atomic mass is 19.1. The average Bonchev–Trinajstić information content (AvgIpc) is 2.79. The van der Waals surface area contributed by atoms with E-state index in [4.69, 9.17) is 5.73 Å². The molecule has 0 aliphatic rings. The monoisotopic (exact) mass is 255 g/mol. The van der Waals surface area contributed by atoms with Crippen molar-refractivity contribution in [3.8, 4) is 11.3 Å². The van der Waals surface area contributed by atoms with Crippen molar-refractivity contribution in [1.82, 2.24) is 9.97 Å². The van der Waals surface area contributed by atoms with Crippen LogP contribution in [0.5, 0.6) is 0 Å². The summed E-state index contributed by atoms with van der Waals surface area (Å²) in [4.78, 5) is 18.4. The number of H-pyrrole nitrogens is 1. The SMILES string of the molecule is Nc1ccc(F)c(-c2[nH]c3ncccc3c2C=O)c1. The lowest BCUT2D eigenvalue weighted by Gasteiger charge is -2.03. The maximum Gasteiger partial charge on any atom is 0.152 e. The number of aromatic amines is 1. The lowest BCUT2D eigenvalue weighted by atomic mass is 10.1. The van der Waals surface area contributed by atoms with Gasteiger partial charge in [-0.25, -0.2) is 9.37 Å². The number of hydrogen-bond donors (Lipinski definition) is 2. The number of fused-ring (bicyclic) bond motifs is 1. The highest BCUT2D eigenvalue weighted by Crippen LogP contribution is 2.30. The van der Waals surface area contributed by atoms with Crippen molar-refractivity contribution in [3.05, 3.63) is 47.9 Å². The summed E-state index contributed by atoms with van der Waals surface area (Å²) < 4.78 is 13.9. The molecule has 0 radical (unpaired) electrons. The molecule has 5 heteroatoms. The number of carbonyl (C=O) groups excluding carboxylic acids is 1. The van der Waals surface area contributed by atoms with Crippen molar-refractivity contribution in [2.45, 2.75) is 0 Å². The number of nitrogens with zero attached hydrogens (tertiary/aromatic N) is 1. The number of pyridine rings is 1. The molecule has 4 nitrogen and oxygen atoms in total. The molecule has 0 aliphatic heterocycles. The molecule has 19 heavy (non-hydrogen) atoms. The van der Waals surface area contributed by atoms with E-state index in [-0.39, 0.29) is 5.56 Å². The molecule has 0 aliphatic carbocycles. The lowest BCUT2D eigenvalue weighted by molar-refractivity contribution is 0.112. The maximum absolute atomic E-state index is 13.9. The first-order chi connectivity index (χ1) is 9.20. The predicted octanol–water partition coefficient (Wildman–Crippen LogP) is 2.76. The summed E-state index contributed by atoms with van der Waals surface area (Å²) in [7, 11) is 0. The number of nitrogen functional groups attached to an aromatic ring is 1. The number of rotatable bonds is 2. The van der Waals surface area contributed by atoms with Gasteiger partial charge in [0.1, 0.15) is 11.5 Å². The second-order valence-corrected chi connectivity index (χ2v) is 4.17. The zero-order valence-electron chi connectivity index (χ0n) is 9.85. The molecular weight excluding hydrogens is 245 g/mol. The van der Waals surface area contributed by atoms with Crippen molar-refractivity contribution in [1.29, 1.82) is 0 Å². The van der Waals surface area contributed by atoms with Gasteiger partial charge in [-0.1, -0.05) is 0 Å². The molecule has 0 amide bonds. The number of halogens is 1. The van der Waals surface area contributed by atoms with Crippen LogP contribution in [0, 0.1) is 5.82 Å². The zero-order chi connectivity index (χ0) is 13.4. The Kier molecular flexibility index (Phi) is 2.52. The molecule has 3 rings (SSSR count). The number of carbonyl (C=O) groups is 1. The highest BCUT2D eigenvalue weighted by molar-refractivity contribution is 6.03. The minimum atomic E-state index is -0.441. The number of aromatic nitrogens is 2. The molecular formula is C14H10FN3O. The van der Waals surface area contributed by atoms with Crippen LogP contribution in [0.25, 0.3) is 22.3 Å². The number of nitrogens with one attached hydrogen (secondary N) is 1. The van der Waals surface area contributed by atoms with Crippen LogP contribution in [0.15, 0.2) is 36.5 Å². The standard InChI is InChI=1S/C14H10FN3O/c15-12-4-3-8(16)6-10(12)13-11(7-19)9-2-1-5-17-14(9)18-13/h1-7H,16H2,(H,17,18). The van der Waals surface area contributed by atoms with Gasteiger partial charge in [0.05, 0.1) is 5.69 Å². The van der Waals surface area contributed by atoms with E-state index in [1.54, 1.807) is 18.3 Å². The quantitative estimate of drug-likeness (QED) is 0.546. The van der Waals surface area contributed by atoms with Crippen LogP contribution in [0.2, 0.25) is 0 Å². The van der Waals surface area contributed by atoms with Crippen molar-refractivity contribution in [2.75, 3.05) is 5.73 Å². The third kappa shape index (κ3) is 1.76. The third-order valence-electron chi connectivity index (χ3n) is 2.99. The van der Waals surface area contributed by atoms with Crippen LogP contribution in [-0.2, 0) is 0 Å². The van der Waals surface area contributed by atoms with Gasteiger partial charge in [0, 0.05) is 28.4 Å². The van der Waals surface area contributed by atoms with Crippen LogP contribution in [0.1, 0.15) is 10.4 Å². The smallest absolute Gasteiger partial charge is 0.152 e. The van der Waals surface area contributed by atoms with E-state index in [0.717, 1.165) is 0 Å². The van der Waals surface area contributed by atoms with E-state index in [1.807, 2.05) is 0 Å². The van der Waals surface area contributed by atoms with Crippen LogP contribution in [0.4, 0.5) is 10.1 Å². The van der Waals surface area contributed by atoms with E-state index in [2.05, 4.69) is 9.97 Å². The lowest BCUT2D eigenvalue weighted by Crippen LogP contribution is -1.92. The highest BCUT2D eigenvalue weighted by Gasteiger charge is 2.16. The Morgan fingerprint density at radius 2 is 2.16 bits per heavy atom. The number of hydrogen-bond acceptors (Lipinski definition) is 3. The first-order valence-electron chi connectivity index (χ1n) is 5.68. The molecule has 0 bridgehead atoms. The van der Waals surface area contributed by atoms with Crippen LogP contribution in [0.3, 0.4) is 0 Å². The average molecular weight is 255 g/mol. The fourth-order valence-electron chi connectivity index (χ4n) is 2.11. The Bertz CT molecular complexity index is 779. The van der Waals surface area contributed by atoms with Gasteiger partial charge >= 0.3 is 0 Å². The van der Waals surface area contributed by atoms with Gasteiger partial charge < -0.3 is 10.7 Å². The largest absolute Gasteiger partial charge is 0.399 e. The van der Waals surface area contributed by atoms with Gasteiger partial charge in [0.2, 0.25) is 0 Å². The van der Waals surface area contributed by atoms with Gasteiger partial charge in [-0.15, -0.1) is 0 Å². The molecule has 3 N–H and O–H groups in total.